The third-order valence-corrected chi connectivity index (χ3v) is 2.75. The molecule has 1 rings (SSSR count). The molecule has 0 atom stereocenters. The van der Waals surface area contributed by atoms with Crippen LogP contribution in [0, 0.1) is 21.4 Å². The van der Waals surface area contributed by atoms with Gasteiger partial charge >= 0.3 is 11.7 Å². The number of esters is 1. The average molecular weight is 321 g/mol. The standard InChI is InChI=1S/C14H15N3O6/c1-16(8-4-7-15)13(18)9-23-14(19)10-22-12-6-3-2-5-11(12)17(20)21/h2-3,5-6H,4,8-10H2,1H3. The van der Waals surface area contributed by atoms with Gasteiger partial charge in [-0.2, -0.15) is 5.26 Å². The summed E-state index contributed by atoms with van der Waals surface area (Å²) in [7, 11) is 1.48. The predicted molar refractivity (Wildman–Crippen MR) is 77.4 cm³/mol. The highest BCUT2D eigenvalue weighted by molar-refractivity contribution is 5.80. The smallest absolute Gasteiger partial charge is 0.344 e. The van der Waals surface area contributed by atoms with Gasteiger partial charge in [-0.1, -0.05) is 12.1 Å². The number of likely N-dealkylation sites (N-methyl/N-ethyl adjacent to an activating group) is 1. The van der Waals surface area contributed by atoms with Crippen molar-refractivity contribution < 1.29 is 24.0 Å². The van der Waals surface area contributed by atoms with Gasteiger partial charge in [-0.05, 0) is 6.07 Å². The number of hydrogen-bond acceptors (Lipinski definition) is 7. The highest BCUT2D eigenvalue weighted by atomic mass is 16.6. The molecule has 0 spiro atoms. The number of nitrogens with zero attached hydrogens (tertiary/aromatic N) is 3. The van der Waals surface area contributed by atoms with Gasteiger partial charge in [0.15, 0.2) is 19.0 Å². The topological polar surface area (TPSA) is 123 Å². The third-order valence-electron chi connectivity index (χ3n) is 2.75. The van der Waals surface area contributed by atoms with Crippen LogP contribution < -0.4 is 4.74 Å². The molecule has 0 heterocycles. The summed E-state index contributed by atoms with van der Waals surface area (Å²) in [5.41, 5.74) is -0.271. The molecule has 1 amide bonds. The first-order valence-electron chi connectivity index (χ1n) is 6.58. The van der Waals surface area contributed by atoms with Crippen LogP contribution in [-0.2, 0) is 14.3 Å². The minimum Gasteiger partial charge on any atom is -0.475 e. The first-order chi connectivity index (χ1) is 11.0. The van der Waals surface area contributed by atoms with Crippen LogP contribution in [0.1, 0.15) is 6.42 Å². The molecule has 0 aliphatic carbocycles. The Balaban J connectivity index is 2.42. The molecule has 0 radical (unpaired) electrons. The van der Waals surface area contributed by atoms with Gasteiger partial charge in [0.1, 0.15) is 0 Å². The van der Waals surface area contributed by atoms with Crippen LogP contribution in [0.25, 0.3) is 0 Å². The minimum absolute atomic E-state index is 0.0630. The molecule has 0 bridgehead atoms. The maximum atomic E-state index is 11.6. The normalized spacial score (nSPS) is 9.57. The summed E-state index contributed by atoms with van der Waals surface area (Å²) < 4.78 is 9.75. The summed E-state index contributed by atoms with van der Waals surface area (Å²) in [4.78, 5) is 34.5. The lowest BCUT2D eigenvalue weighted by Crippen LogP contribution is -2.32. The maximum Gasteiger partial charge on any atom is 0.344 e. The third kappa shape index (κ3) is 6.01. The Bertz CT molecular complexity index is 625. The van der Waals surface area contributed by atoms with E-state index in [1.165, 1.54) is 36.2 Å². The van der Waals surface area contributed by atoms with Crippen LogP contribution in [0.4, 0.5) is 5.69 Å². The molecular formula is C14H15N3O6. The Morgan fingerprint density at radius 3 is 2.70 bits per heavy atom. The molecule has 23 heavy (non-hydrogen) atoms. The monoisotopic (exact) mass is 321 g/mol. The van der Waals surface area contributed by atoms with Crippen LogP contribution in [0.15, 0.2) is 24.3 Å². The highest BCUT2D eigenvalue weighted by Gasteiger charge is 2.16. The van der Waals surface area contributed by atoms with E-state index in [0.717, 1.165) is 0 Å². The molecule has 0 unspecified atom stereocenters. The molecule has 0 aromatic heterocycles. The van der Waals surface area contributed by atoms with Gasteiger partial charge in [0.2, 0.25) is 0 Å². The van der Waals surface area contributed by atoms with Crippen molar-refractivity contribution >= 4 is 17.6 Å². The number of nitro groups is 1. The summed E-state index contributed by atoms with van der Waals surface area (Å²) in [6, 6.07) is 7.49. The van der Waals surface area contributed by atoms with Crippen LogP contribution in [0.5, 0.6) is 5.75 Å². The zero-order chi connectivity index (χ0) is 17.2. The second kappa shape index (κ2) is 8.99. The van der Waals surface area contributed by atoms with Crippen molar-refractivity contribution in [2.24, 2.45) is 0 Å². The number of nitriles is 1. The van der Waals surface area contributed by atoms with Crippen molar-refractivity contribution in [3.05, 3.63) is 34.4 Å². The Labute approximate surface area is 132 Å². The number of ether oxygens (including phenoxy) is 2. The summed E-state index contributed by atoms with van der Waals surface area (Å²) in [6.45, 7) is -0.805. The van der Waals surface area contributed by atoms with Gasteiger partial charge in [0, 0.05) is 19.7 Å². The fourth-order valence-corrected chi connectivity index (χ4v) is 1.50. The second-order valence-electron chi connectivity index (χ2n) is 4.40. The summed E-state index contributed by atoms with van der Waals surface area (Å²) >= 11 is 0. The molecule has 0 aliphatic heterocycles. The fraction of sp³-hybridized carbons (Fsp3) is 0.357. The number of para-hydroxylation sites is 2. The van der Waals surface area contributed by atoms with Crippen molar-refractivity contribution in [1.29, 1.82) is 5.26 Å². The summed E-state index contributed by atoms with van der Waals surface area (Å²) in [5, 5.41) is 19.2. The molecule has 0 aliphatic rings. The van der Waals surface area contributed by atoms with Gasteiger partial charge < -0.3 is 14.4 Å². The van der Waals surface area contributed by atoms with E-state index in [1.54, 1.807) is 0 Å². The lowest BCUT2D eigenvalue weighted by atomic mass is 10.3. The van der Waals surface area contributed by atoms with Crippen molar-refractivity contribution in [2.45, 2.75) is 6.42 Å². The summed E-state index contributed by atoms with van der Waals surface area (Å²) in [6.07, 6.45) is 0.178. The van der Waals surface area contributed by atoms with Crippen LogP contribution >= 0.6 is 0 Å². The number of amides is 1. The quantitative estimate of drug-likeness (QED) is 0.395. The number of carbonyl (C=O) groups is 2. The van der Waals surface area contributed by atoms with Crippen molar-refractivity contribution in [2.75, 3.05) is 26.8 Å². The lowest BCUT2D eigenvalue weighted by Gasteiger charge is -2.15. The highest BCUT2D eigenvalue weighted by Crippen LogP contribution is 2.25. The Morgan fingerprint density at radius 2 is 2.04 bits per heavy atom. The lowest BCUT2D eigenvalue weighted by molar-refractivity contribution is -0.385. The molecule has 9 nitrogen and oxygen atoms in total. The van der Waals surface area contributed by atoms with Gasteiger partial charge in [-0.15, -0.1) is 0 Å². The van der Waals surface area contributed by atoms with E-state index in [-0.39, 0.29) is 24.4 Å². The van der Waals surface area contributed by atoms with E-state index in [0.29, 0.717) is 0 Å². The first kappa shape index (κ1) is 17.9. The molecule has 0 saturated heterocycles. The second-order valence-corrected chi connectivity index (χ2v) is 4.40. The minimum atomic E-state index is -0.829. The Kier molecular flexibility index (Phi) is 7.00. The number of nitro benzene ring substituents is 1. The van der Waals surface area contributed by atoms with E-state index >= 15 is 0 Å². The van der Waals surface area contributed by atoms with E-state index < -0.39 is 30.0 Å². The van der Waals surface area contributed by atoms with Gasteiger partial charge in [-0.3, -0.25) is 14.9 Å². The summed E-state index contributed by atoms with van der Waals surface area (Å²) in [5.74, 6) is -1.35. The number of hydrogen-bond donors (Lipinski definition) is 0. The molecule has 0 N–H and O–H groups in total. The Hall–Kier alpha value is -3.15. The molecule has 1 aromatic carbocycles. The SMILES string of the molecule is CN(CCC#N)C(=O)COC(=O)COc1ccccc1[N+](=O)[O-]. The number of carbonyl (C=O) groups excluding carboxylic acids is 2. The van der Waals surface area contributed by atoms with Crippen LogP contribution in [0.3, 0.4) is 0 Å². The van der Waals surface area contributed by atoms with Crippen LogP contribution in [-0.4, -0.2) is 48.5 Å². The number of benzene rings is 1. The maximum absolute atomic E-state index is 11.6. The number of rotatable bonds is 8. The zero-order valence-electron chi connectivity index (χ0n) is 12.4. The van der Waals surface area contributed by atoms with Crippen molar-refractivity contribution in [3.8, 4) is 11.8 Å². The van der Waals surface area contributed by atoms with E-state index in [4.69, 9.17) is 14.7 Å². The van der Waals surface area contributed by atoms with E-state index in [2.05, 4.69) is 0 Å². The first-order valence-corrected chi connectivity index (χ1v) is 6.58. The van der Waals surface area contributed by atoms with E-state index in [9.17, 15) is 19.7 Å². The molecule has 0 saturated carbocycles. The Morgan fingerprint density at radius 1 is 1.35 bits per heavy atom. The van der Waals surface area contributed by atoms with E-state index in [1.807, 2.05) is 6.07 Å². The van der Waals surface area contributed by atoms with Crippen LogP contribution in [0.2, 0.25) is 0 Å². The van der Waals surface area contributed by atoms with Crippen molar-refractivity contribution in [3.63, 3.8) is 0 Å². The molecule has 0 fully saturated rings. The molecule has 1 aromatic rings. The predicted octanol–water partition coefficient (Wildman–Crippen LogP) is 0.889. The van der Waals surface area contributed by atoms with Gasteiger partial charge in [0.25, 0.3) is 5.91 Å². The molecule has 9 heteroatoms. The fourth-order valence-electron chi connectivity index (χ4n) is 1.50. The zero-order valence-corrected chi connectivity index (χ0v) is 12.4. The van der Waals surface area contributed by atoms with Crippen molar-refractivity contribution in [1.82, 2.24) is 4.90 Å². The molecule has 122 valence electrons. The molecular weight excluding hydrogens is 306 g/mol. The largest absolute Gasteiger partial charge is 0.475 e. The van der Waals surface area contributed by atoms with Gasteiger partial charge in [0.05, 0.1) is 17.4 Å². The average Bonchev–Trinajstić information content (AvgIpc) is 2.55. The van der Waals surface area contributed by atoms with Gasteiger partial charge in [-0.25, -0.2) is 4.79 Å².